The zero-order chi connectivity index (χ0) is 21.6. The van der Waals surface area contributed by atoms with E-state index in [0.29, 0.717) is 10.9 Å². The van der Waals surface area contributed by atoms with E-state index >= 15 is 0 Å². The Hall–Kier alpha value is -3.77. The molecule has 3 aromatic heterocycles. The van der Waals surface area contributed by atoms with Gasteiger partial charge in [0.05, 0.1) is 40.4 Å². The van der Waals surface area contributed by atoms with Crippen LogP contribution in [0.5, 0.6) is 0 Å². The number of fused-ring (bicyclic) bond motifs is 1. The summed E-state index contributed by atoms with van der Waals surface area (Å²) in [6.07, 6.45) is 4.33. The molecule has 0 atom stereocenters. The van der Waals surface area contributed by atoms with Crippen LogP contribution >= 0.6 is 11.6 Å². The van der Waals surface area contributed by atoms with Crippen LogP contribution in [-0.2, 0) is 6.54 Å². The zero-order valence-electron chi connectivity index (χ0n) is 15.9. The number of aromatic nitrogens is 5. The van der Waals surface area contributed by atoms with Gasteiger partial charge in [-0.2, -0.15) is 10.4 Å². The summed E-state index contributed by atoms with van der Waals surface area (Å²) in [6, 6.07) is 6.19. The normalized spacial score (nSPS) is 11.0. The maximum Gasteiger partial charge on any atom is 0.336 e. The van der Waals surface area contributed by atoms with Gasteiger partial charge in [-0.15, -0.1) is 0 Å². The smallest absolute Gasteiger partial charge is 0.282 e. The van der Waals surface area contributed by atoms with E-state index in [1.54, 1.807) is 26.1 Å². The van der Waals surface area contributed by atoms with Crippen LogP contribution in [-0.4, -0.2) is 23.9 Å². The van der Waals surface area contributed by atoms with Crippen LogP contribution in [0.3, 0.4) is 0 Å². The highest BCUT2D eigenvalue weighted by Crippen LogP contribution is 2.27. The van der Waals surface area contributed by atoms with Gasteiger partial charge in [0, 0.05) is 11.6 Å². The van der Waals surface area contributed by atoms with Gasteiger partial charge in [-0.1, -0.05) is 11.6 Å². The molecule has 0 saturated heterocycles. The summed E-state index contributed by atoms with van der Waals surface area (Å²) in [4.78, 5) is 30.5. The van der Waals surface area contributed by atoms with Crippen molar-refractivity contribution in [3.63, 3.8) is 0 Å². The summed E-state index contributed by atoms with van der Waals surface area (Å²) in [6.45, 7) is 3.06. The van der Waals surface area contributed by atoms with Gasteiger partial charge >= 0.3 is 5.69 Å². The molecule has 0 aliphatic carbocycles. The SMILES string of the molecule is Cc1cncc(-n2c(=O)c(-n3ncc4c(Cl)c(F)ccc43)c(C)n(CC#N)c2=O)c1. The van der Waals surface area contributed by atoms with Gasteiger partial charge in [0.15, 0.2) is 5.69 Å². The summed E-state index contributed by atoms with van der Waals surface area (Å²) >= 11 is 6.04. The molecule has 4 rings (SSSR count). The number of rotatable bonds is 3. The first-order valence-electron chi connectivity index (χ1n) is 8.82. The third-order valence-corrected chi connectivity index (χ3v) is 5.16. The summed E-state index contributed by atoms with van der Waals surface area (Å²) in [5.74, 6) is -0.613. The Morgan fingerprint density at radius 3 is 2.67 bits per heavy atom. The Kier molecular flexibility index (Phi) is 4.72. The second-order valence-corrected chi connectivity index (χ2v) is 7.05. The van der Waals surface area contributed by atoms with E-state index in [0.717, 1.165) is 10.1 Å². The highest BCUT2D eigenvalue weighted by Gasteiger charge is 2.22. The van der Waals surface area contributed by atoms with Crippen molar-refractivity contribution >= 4 is 22.5 Å². The lowest BCUT2D eigenvalue weighted by atomic mass is 10.2. The van der Waals surface area contributed by atoms with Crippen molar-refractivity contribution in [3.8, 4) is 17.4 Å². The van der Waals surface area contributed by atoms with Gasteiger partial charge in [-0.3, -0.25) is 14.3 Å². The number of hydrogen-bond acceptors (Lipinski definition) is 5. The first kappa shape index (κ1) is 19.5. The van der Waals surface area contributed by atoms with Crippen LogP contribution in [0.2, 0.25) is 5.02 Å². The second kappa shape index (κ2) is 7.24. The van der Waals surface area contributed by atoms with Gasteiger partial charge in [0.2, 0.25) is 0 Å². The maximum absolute atomic E-state index is 13.8. The maximum atomic E-state index is 13.8. The van der Waals surface area contributed by atoms with Crippen LogP contribution < -0.4 is 11.2 Å². The number of hydrogen-bond donors (Lipinski definition) is 0. The van der Waals surface area contributed by atoms with E-state index in [9.17, 15) is 19.2 Å². The molecule has 8 nitrogen and oxygen atoms in total. The van der Waals surface area contributed by atoms with Crippen LogP contribution in [0.15, 0.2) is 46.4 Å². The molecule has 30 heavy (non-hydrogen) atoms. The monoisotopic (exact) mass is 424 g/mol. The zero-order valence-corrected chi connectivity index (χ0v) is 16.7. The lowest BCUT2D eigenvalue weighted by Crippen LogP contribution is -2.42. The molecule has 0 saturated carbocycles. The summed E-state index contributed by atoms with van der Waals surface area (Å²) in [5, 5.41) is 13.6. The minimum absolute atomic E-state index is 0.0454. The van der Waals surface area contributed by atoms with Crippen molar-refractivity contribution in [1.29, 1.82) is 5.26 Å². The van der Waals surface area contributed by atoms with Gasteiger partial charge in [0.25, 0.3) is 5.56 Å². The van der Waals surface area contributed by atoms with E-state index < -0.39 is 17.1 Å². The Balaban J connectivity index is 2.14. The highest BCUT2D eigenvalue weighted by atomic mass is 35.5. The fraction of sp³-hybridized carbons (Fsp3) is 0.150. The summed E-state index contributed by atoms with van der Waals surface area (Å²) in [5.41, 5.74) is 0.369. The van der Waals surface area contributed by atoms with Crippen LogP contribution in [0.1, 0.15) is 11.3 Å². The molecule has 3 heterocycles. The van der Waals surface area contributed by atoms with E-state index in [2.05, 4.69) is 10.1 Å². The fourth-order valence-corrected chi connectivity index (χ4v) is 3.56. The van der Waals surface area contributed by atoms with Crippen LogP contribution in [0.4, 0.5) is 4.39 Å². The topological polar surface area (TPSA) is 98.5 Å². The number of aryl methyl sites for hydroxylation is 1. The van der Waals surface area contributed by atoms with Crippen molar-refractivity contribution in [1.82, 2.24) is 23.9 Å². The second-order valence-electron chi connectivity index (χ2n) is 6.67. The van der Waals surface area contributed by atoms with Gasteiger partial charge < -0.3 is 0 Å². The van der Waals surface area contributed by atoms with E-state index in [1.807, 2.05) is 6.07 Å². The predicted octanol–water partition coefficient (Wildman–Crippen LogP) is 2.67. The predicted molar refractivity (Wildman–Crippen MR) is 109 cm³/mol. The van der Waals surface area contributed by atoms with Gasteiger partial charge in [0.1, 0.15) is 12.4 Å². The number of halogens is 2. The van der Waals surface area contributed by atoms with Crippen LogP contribution in [0, 0.1) is 31.0 Å². The molecule has 150 valence electrons. The Bertz CT molecular complexity index is 1480. The van der Waals surface area contributed by atoms with Crippen molar-refractivity contribution in [2.75, 3.05) is 0 Å². The molecule has 0 aliphatic rings. The molecule has 0 spiro atoms. The average molecular weight is 425 g/mol. The molecule has 0 aliphatic heterocycles. The first-order valence-corrected chi connectivity index (χ1v) is 9.20. The van der Waals surface area contributed by atoms with Crippen molar-refractivity contribution in [2.45, 2.75) is 20.4 Å². The first-order chi connectivity index (χ1) is 14.3. The van der Waals surface area contributed by atoms with E-state index in [-0.39, 0.29) is 28.6 Å². The molecule has 0 radical (unpaired) electrons. The molecule has 4 aromatic rings. The average Bonchev–Trinajstić information content (AvgIpc) is 3.13. The van der Waals surface area contributed by atoms with E-state index in [4.69, 9.17) is 11.6 Å². The fourth-order valence-electron chi connectivity index (χ4n) is 3.35. The molecule has 0 unspecified atom stereocenters. The molecule has 0 bridgehead atoms. The minimum atomic E-state index is -0.671. The molecular formula is C20H14ClFN6O2. The lowest BCUT2D eigenvalue weighted by Gasteiger charge is -2.16. The van der Waals surface area contributed by atoms with Gasteiger partial charge in [-0.05, 0) is 37.6 Å². The van der Waals surface area contributed by atoms with Crippen molar-refractivity contribution in [2.24, 2.45) is 0 Å². The summed E-state index contributed by atoms with van der Waals surface area (Å²) in [7, 11) is 0. The molecule has 10 heteroatoms. The third kappa shape index (κ3) is 2.89. The number of benzene rings is 1. The lowest BCUT2D eigenvalue weighted by molar-refractivity contribution is 0.630. The molecule has 0 fully saturated rings. The largest absolute Gasteiger partial charge is 0.336 e. The molecule has 0 amide bonds. The quantitative estimate of drug-likeness (QED) is 0.503. The Morgan fingerprint density at radius 2 is 1.97 bits per heavy atom. The number of nitrogens with zero attached hydrogens (tertiary/aromatic N) is 6. The highest BCUT2D eigenvalue weighted by molar-refractivity contribution is 6.35. The minimum Gasteiger partial charge on any atom is -0.282 e. The number of nitriles is 1. The van der Waals surface area contributed by atoms with Crippen molar-refractivity contribution in [3.05, 3.63) is 79.7 Å². The van der Waals surface area contributed by atoms with Crippen LogP contribution in [0.25, 0.3) is 22.3 Å². The Morgan fingerprint density at radius 1 is 1.20 bits per heavy atom. The molecule has 0 N–H and O–H groups in total. The van der Waals surface area contributed by atoms with Crippen molar-refractivity contribution < 1.29 is 4.39 Å². The Labute approximate surface area is 174 Å². The standard InChI is InChI=1S/C20H14ClFN6O2/c1-11-7-13(9-24-8-11)27-19(29)18(12(2)26(6-5-23)20(27)30)28-16-4-3-15(22)17(21)14(16)10-25-28/h3-4,7-10H,6H2,1-2H3. The molecular weight excluding hydrogens is 411 g/mol. The number of pyridine rings is 1. The summed E-state index contributed by atoms with van der Waals surface area (Å²) < 4.78 is 17.3. The third-order valence-electron chi connectivity index (χ3n) is 4.77. The van der Waals surface area contributed by atoms with E-state index in [1.165, 1.54) is 33.8 Å². The van der Waals surface area contributed by atoms with Gasteiger partial charge in [-0.25, -0.2) is 18.4 Å². The molecule has 1 aromatic carbocycles.